The molecule has 4 saturated heterocycles. The molecule has 3 atom stereocenters. The summed E-state index contributed by atoms with van der Waals surface area (Å²) < 4.78 is 29.1. The van der Waals surface area contributed by atoms with Crippen LogP contribution in [0.3, 0.4) is 0 Å². The van der Waals surface area contributed by atoms with Crippen molar-refractivity contribution in [2.75, 3.05) is 203 Å². The number of likely N-dealkylation sites (N-methyl/N-ethyl adjacent to an activating group) is 2. The highest BCUT2D eigenvalue weighted by molar-refractivity contribution is 5.03. The largest absolute Gasteiger partial charge is 0.385 e. The molecule has 14 nitrogen and oxygen atoms in total. The number of likely N-dealkylation sites (tertiary alicyclic amines) is 3. The number of unbranched alkanes of at least 4 members (excludes halogenated alkanes) is 36. The van der Waals surface area contributed by atoms with Crippen LogP contribution < -0.4 is 16.0 Å². The third-order valence-corrected chi connectivity index (χ3v) is 21.7. The average molecular weight is 1720 g/mol. The Bertz CT molecular complexity index is 1520. The zero-order valence-corrected chi connectivity index (χ0v) is 88.9. The van der Waals surface area contributed by atoms with Crippen molar-refractivity contribution in [3.8, 4) is 11.8 Å². The molecular weight excluding hydrogens is 1480 g/mol. The molecule has 0 radical (unpaired) electrons. The second kappa shape index (κ2) is 136. The maximum absolute atomic E-state index is 4.95. The van der Waals surface area contributed by atoms with Crippen LogP contribution in [-0.4, -0.2) is 246 Å². The lowest BCUT2D eigenvalue weighted by molar-refractivity contribution is 0.0241. The minimum atomic E-state index is 0.672. The molecule has 3 N–H and O–H groups in total. The van der Waals surface area contributed by atoms with Gasteiger partial charge in [0.05, 0.1) is 0 Å². The predicted octanol–water partition coefficient (Wildman–Crippen LogP) is 28.4. The van der Waals surface area contributed by atoms with E-state index in [1.165, 1.54) is 393 Å². The van der Waals surface area contributed by atoms with Crippen molar-refractivity contribution in [2.45, 2.75) is 470 Å². The maximum atomic E-state index is 4.95. The fraction of sp³-hybridized carbons (Fsp3) is 0.981. The molecule has 0 saturated carbocycles. The SMILES string of the molecule is CC#CC1CCN(C2CCN(C)C2)CC1.CC1CN(CC2CN(C)C2)CC(C)N1C.CCCCCC.CCCCCCCC.CCCCCCCCCC.CCCCCCCCOC.CCCCCCCNC.CCCCCCCOC.CCCCCCOC.CCCCCNC.CCCCCOC.CCCCOC.CCCNC.CCCOC. The summed E-state index contributed by atoms with van der Waals surface area (Å²) in [4.78, 5) is 12.7. The van der Waals surface area contributed by atoms with Crippen molar-refractivity contribution >= 4 is 0 Å². The van der Waals surface area contributed by atoms with Gasteiger partial charge in [-0.15, -0.1) is 11.8 Å². The van der Waals surface area contributed by atoms with Gasteiger partial charge >= 0.3 is 0 Å². The number of nitrogens with zero attached hydrogens (tertiary/aromatic N) is 5. The van der Waals surface area contributed by atoms with E-state index in [1.807, 2.05) is 28.1 Å². The third kappa shape index (κ3) is 138. The van der Waals surface area contributed by atoms with Crippen molar-refractivity contribution in [1.82, 2.24) is 40.4 Å². The number of nitrogens with one attached hydrogen (secondary N) is 3. The van der Waals surface area contributed by atoms with Crippen LogP contribution in [0.2, 0.25) is 0 Å². The van der Waals surface area contributed by atoms with Crippen LogP contribution >= 0.6 is 0 Å². The van der Waals surface area contributed by atoms with Gasteiger partial charge in [0.25, 0.3) is 0 Å². The fourth-order valence-corrected chi connectivity index (χ4v) is 13.6. The number of hydrogen-bond donors (Lipinski definition) is 3. The summed E-state index contributed by atoms with van der Waals surface area (Å²) in [5.41, 5.74) is 0. The van der Waals surface area contributed by atoms with E-state index in [9.17, 15) is 0 Å². The van der Waals surface area contributed by atoms with Crippen molar-refractivity contribution in [1.29, 1.82) is 0 Å². The highest BCUT2D eigenvalue weighted by Gasteiger charge is 2.31. The lowest BCUT2D eigenvalue weighted by Gasteiger charge is -2.46. The first-order valence-electron chi connectivity index (χ1n) is 52.2. The molecule has 0 aromatic carbocycles. The smallest absolute Gasteiger partial charge is 0.0462 e. The van der Waals surface area contributed by atoms with Crippen molar-refractivity contribution in [3.63, 3.8) is 0 Å². The Morgan fingerprint density at radius 1 is 0.283 bits per heavy atom. The summed E-state index contributed by atoms with van der Waals surface area (Å²) in [6.45, 7) is 60.4. The van der Waals surface area contributed by atoms with Gasteiger partial charge in [-0.2, -0.15) is 0 Å². The van der Waals surface area contributed by atoms with Crippen LogP contribution in [0, 0.1) is 23.7 Å². The first kappa shape index (κ1) is 139. The van der Waals surface area contributed by atoms with E-state index < -0.39 is 0 Å². The highest BCUT2D eigenvalue weighted by atomic mass is 16.5. The lowest BCUT2D eigenvalue weighted by Crippen LogP contribution is -2.58. The van der Waals surface area contributed by atoms with Crippen LogP contribution in [0.5, 0.6) is 0 Å². The molecule has 736 valence electrons. The van der Waals surface area contributed by atoms with Crippen LogP contribution in [0.1, 0.15) is 452 Å². The lowest BCUT2D eigenvalue weighted by atomic mass is 9.96. The molecule has 0 aliphatic carbocycles. The van der Waals surface area contributed by atoms with Crippen LogP contribution in [0.4, 0.5) is 0 Å². The Kier molecular flexibility index (Phi) is 158. The maximum Gasteiger partial charge on any atom is 0.0462 e. The molecule has 4 rings (SSSR count). The Morgan fingerprint density at radius 2 is 0.558 bits per heavy atom. The molecule has 0 aromatic heterocycles. The van der Waals surface area contributed by atoms with Gasteiger partial charge in [0.15, 0.2) is 0 Å². The second-order valence-electron chi connectivity index (χ2n) is 34.5. The van der Waals surface area contributed by atoms with E-state index in [0.717, 1.165) is 64.6 Å². The van der Waals surface area contributed by atoms with E-state index in [4.69, 9.17) is 28.4 Å². The number of rotatable bonds is 57. The first-order chi connectivity index (χ1) is 58.3. The Morgan fingerprint density at radius 3 is 0.817 bits per heavy atom. The molecule has 120 heavy (non-hydrogen) atoms. The van der Waals surface area contributed by atoms with E-state index in [-0.39, 0.29) is 0 Å². The number of piperidine rings is 1. The molecular formula is C106H236N8O6. The minimum Gasteiger partial charge on any atom is -0.385 e. The molecule has 4 aliphatic heterocycles. The van der Waals surface area contributed by atoms with E-state index in [2.05, 4.69) is 191 Å². The van der Waals surface area contributed by atoms with Crippen LogP contribution in [0.15, 0.2) is 0 Å². The molecule has 0 bridgehead atoms. The highest BCUT2D eigenvalue weighted by Crippen LogP contribution is 2.23. The average Bonchev–Trinajstić information content (AvgIpc) is 0.871. The Labute approximate surface area is 761 Å². The molecule has 0 spiro atoms. The van der Waals surface area contributed by atoms with E-state index in [0.29, 0.717) is 18.0 Å². The summed E-state index contributed by atoms with van der Waals surface area (Å²) in [5.74, 6) is 7.97. The van der Waals surface area contributed by atoms with Gasteiger partial charge in [-0.25, -0.2) is 0 Å². The number of ether oxygens (including phenoxy) is 6. The predicted molar refractivity (Wildman–Crippen MR) is 548 cm³/mol. The minimum absolute atomic E-state index is 0.672. The molecule has 0 amide bonds. The van der Waals surface area contributed by atoms with E-state index >= 15 is 0 Å². The normalized spacial score (nSPS) is 15.6. The van der Waals surface area contributed by atoms with Gasteiger partial charge in [-0.05, 0) is 185 Å². The third-order valence-electron chi connectivity index (χ3n) is 21.7. The topological polar surface area (TPSA) is 108 Å². The molecule has 3 unspecified atom stereocenters. The number of piperazine rings is 1. The Balaban J connectivity index is -0.000000138. The summed E-state index contributed by atoms with van der Waals surface area (Å²) in [7, 11) is 23.1. The van der Waals surface area contributed by atoms with Gasteiger partial charge in [-0.3, -0.25) is 14.7 Å². The number of hydrogen-bond acceptors (Lipinski definition) is 14. The summed E-state index contributed by atoms with van der Waals surface area (Å²) >= 11 is 0. The first-order valence-corrected chi connectivity index (χ1v) is 52.2. The molecule has 4 aliphatic rings. The zero-order chi connectivity index (χ0) is 92.3. The Hall–Kier alpha value is -1.00. The van der Waals surface area contributed by atoms with Crippen LogP contribution in [-0.2, 0) is 28.4 Å². The molecule has 0 aromatic rings. The monoisotopic (exact) mass is 1720 g/mol. The standard InChI is InChI=1S/C13H22N2.C12H25N3.C10H22.C9H20O.C8H19N.C8H18O.C8H18.C7H16O.C6H15N.C6H14O.C6H14.C5H12O.C4H11N.C4H10O/c1-3-4-12-5-9-15(10-6-12)13-7-8-14(2)11-13;1-10-5-15(6-11(2)14(10)4)9-12-7-13(3)8-12;1-3-5-7-9-10-8-6-4-2;1-3-4-5-6-7-8-9-10-2;2*1-3-4-5-6-7-8-9-2;1-3-5-7-8-6-4-2;1-3-4-5-6-7-8-2;2*1-3-4-5-6-7-2;1-3-5-6-4-2;1-3-4-5-6-2;2*1-3-4-5-2/h12-13H,5-11H2,1-2H3;10-12H,5-9H2,1-4H3;3-10H2,1-2H3;3-9H2,1-2H3;9H,3-8H2,1-2H3;3-8H2,1-2H3;3-8H2,1-2H3;3-7H2,1-2H3;7H,3-6H2,1-2H3;3-6H2,1-2H3;3-6H2,1-2H3;3-5H2,1-2H3;5H,3-4H2,1-2H3;3-4H2,1-2H3. The van der Waals surface area contributed by atoms with E-state index in [1.54, 1.807) is 42.7 Å². The van der Waals surface area contributed by atoms with Crippen molar-refractivity contribution < 1.29 is 28.4 Å². The molecule has 4 heterocycles. The molecule has 4 fully saturated rings. The molecule has 14 heteroatoms. The second-order valence-corrected chi connectivity index (χ2v) is 34.5. The number of methoxy groups -OCH3 is 6. The van der Waals surface area contributed by atoms with Gasteiger partial charge < -0.3 is 54.2 Å². The summed E-state index contributed by atoms with van der Waals surface area (Å²) in [6.07, 6.45) is 68.9. The van der Waals surface area contributed by atoms with Gasteiger partial charge in [0.1, 0.15) is 0 Å². The summed E-state index contributed by atoms with van der Waals surface area (Å²) in [6, 6.07) is 2.25. The van der Waals surface area contributed by atoms with Crippen LogP contribution in [0.25, 0.3) is 0 Å². The van der Waals surface area contributed by atoms with Gasteiger partial charge in [-0.1, -0.05) is 354 Å². The van der Waals surface area contributed by atoms with Gasteiger partial charge in [0, 0.05) is 146 Å². The fourth-order valence-electron chi connectivity index (χ4n) is 13.6. The quantitative estimate of drug-likeness (QED) is 0.0397. The van der Waals surface area contributed by atoms with Crippen molar-refractivity contribution in [3.05, 3.63) is 0 Å². The zero-order valence-electron chi connectivity index (χ0n) is 88.9. The van der Waals surface area contributed by atoms with Gasteiger partial charge in [0.2, 0.25) is 0 Å². The summed E-state index contributed by atoms with van der Waals surface area (Å²) in [5, 5.41) is 9.26. The van der Waals surface area contributed by atoms with Crippen molar-refractivity contribution in [2.24, 2.45) is 11.8 Å².